The van der Waals surface area contributed by atoms with Crippen LogP contribution in [0.5, 0.6) is 0 Å². The van der Waals surface area contributed by atoms with Gasteiger partial charge in [0.2, 0.25) is 5.95 Å². The molecule has 124 valence electrons. The molecule has 3 N–H and O–H groups in total. The number of hydrogen-bond acceptors (Lipinski definition) is 6. The summed E-state index contributed by atoms with van der Waals surface area (Å²) < 4.78 is 1.71. The van der Waals surface area contributed by atoms with Gasteiger partial charge in [-0.05, 0) is 25.0 Å². The zero-order chi connectivity index (χ0) is 16.7. The van der Waals surface area contributed by atoms with E-state index in [-0.39, 0.29) is 0 Å². The van der Waals surface area contributed by atoms with E-state index in [1.54, 1.807) is 10.9 Å². The third-order valence-electron chi connectivity index (χ3n) is 4.63. The molecule has 3 aromatic rings. The molecule has 2 aromatic heterocycles. The van der Waals surface area contributed by atoms with Crippen LogP contribution < -0.4 is 16.0 Å². The van der Waals surface area contributed by atoms with Crippen LogP contribution in [0.3, 0.4) is 0 Å². The molecule has 0 bridgehead atoms. The molecule has 0 radical (unpaired) electrons. The second-order valence-corrected chi connectivity index (χ2v) is 6.24. The SMILES string of the molecule is CC(CNc1nc(N)c2cnn(C)c2n1)N1CCc2ccccc21. The van der Waals surface area contributed by atoms with Crippen LogP contribution in [0.15, 0.2) is 30.5 Å². The van der Waals surface area contributed by atoms with Gasteiger partial charge < -0.3 is 16.0 Å². The van der Waals surface area contributed by atoms with E-state index in [1.807, 2.05) is 7.05 Å². The summed E-state index contributed by atoms with van der Waals surface area (Å²) in [6, 6.07) is 8.92. The lowest BCUT2D eigenvalue weighted by atomic mass is 10.2. The van der Waals surface area contributed by atoms with Crippen LogP contribution in [-0.4, -0.2) is 38.9 Å². The predicted molar refractivity (Wildman–Crippen MR) is 96.2 cm³/mol. The van der Waals surface area contributed by atoms with Gasteiger partial charge in [-0.1, -0.05) is 18.2 Å². The summed E-state index contributed by atoms with van der Waals surface area (Å²) in [4.78, 5) is 11.3. The Hall–Kier alpha value is -2.83. The largest absolute Gasteiger partial charge is 0.383 e. The first-order chi connectivity index (χ1) is 11.6. The van der Waals surface area contributed by atoms with Crippen molar-refractivity contribution in [2.45, 2.75) is 19.4 Å². The number of anilines is 3. The Labute approximate surface area is 140 Å². The average molecular weight is 323 g/mol. The van der Waals surface area contributed by atoms with Gasteiger partial charge in [-0.3, -0.25) is 4.68 Å². The molecule has 4 rings (SSSR count). The van der Waals surface area contributed by atoms with Crippen LogP contribution in [-0.2, 0) is 13.5 Å². The summed E-state index contributed by atoms with van der Waals surface area (Å²) in [6.45, 7) is 4.00. The van der Waals surface area contributed by atoms with Crippen molar-refractivity contribution in [2.75, 3.05) is 29.0 Å². The molecule has 0 amide bonds. The number of benzene rings is 1. The van der Waals surface area contributed by atoms with E-state index < -0.39 is 0 Å². The number of rotatable bonds is 4. The fourth-order valence-electron chi connectivity index (χ4n) is 3.29. The summed E-state index contributed by atoms with van der Waals surface area (Å²) in [6.07, 6.45) is 2.79. The van der Waals surface area contributed by atoms with E-state index in [2.05, 4.69) is 56.5 Å². The summed E-state index contributed by atoms with van der Waals surface area (Å²) in [5, 5.41) is 8.28. The number of fused-ring (bicyclic) bond motifs is 2. The van der Waals surface area contributed by atoms with Gasteiger partial charge in [0.05, 0.1) is 11.6 Å². The Morgan fingerprint density at radius 2 is 2.12 bits per heavy atom. The van der Waals surface area contributed by atoms with E-state index in [0.717, 1.165) is 30.5 Å². The smallest absolute Gasteiger partial charge is 0.226 e. The van der Waals surface area contributed by atoms with Crippen LogP contribution in [0.25, 0.3) is 11.0 Å². The highest BCUT2D eigenvalue weighted by atomic mass is 15.3. The highest BCUT2D eigenvalue weighted by Crippen LogP contribution is 2.29. The summed E-state index contributed by atoms with van der Waals surface area (Å²) in [7, 11) is 1.85. The Kier molecular flexibility index (Phi) is 3.48. The number of aromatic nitrogens is 4. The van der Waals surface area contributed by atoms with Crippen molar-refractivity contribution in [3.05, 3.63) is 36.0 Å². The first-order valence-corrected chi connectivity index (χ1v) is 8.17. The summed E-state index contributed by atoms with van der Waals surface area (Å²) >= 11 is 0. The number of nitrogens with two attached hydrogens (primary N) is 1. The van der Waals surface area contributed by atoms with Crippen molar-refractivity contribution >= 4 is 28.5 Å². The highest BCUT2D eigenvalue weighted by molar-refractivity contribution is 5.86. The maximum absolute atomic E-state index is 6.01. The third-order valence-corrected chi connectivity index (χ3v) is 4.63. The number of aryl methyl sites for hydroxylation is 1. The van der Waals surface area contributed by atoms with Crippen LogP contribution in [0.2, 0.25) is 0 Å². The first kappa shape index (κ1) is 14.7. The van der Waals surface area contributed by atoms with Gasteiger partial charge in [0.25, 0.3) is 0 Å². The number of para-hydroxylation sites is 1. The first-order valence-electron chi connectivity index (χ1n) is 8.17. The molecule has 1 aliphatic rings. The minimum Gasteiger partial charge on any atom is -0.383 e. The lowest BCUT2D eigenvalue weighted by Gasteiger charge is -2.27. The molecule has 1 unspecified atom stereocenters. The quantitative estimate of drug-likeness (QED) is 0.762. The molecular weight excluding hydrogens is 302 g/mol. The molecule has 0 aliphatic carbocycles. The Morgan fingerprint density at radius 1 is 1.29 bits per heavy atom. The second kappa shape index (κ2) is 5.67. The van der Waals surface area contributed by atoms with Gasteiger partial charge in [-0.15, -0.1) is 0 Å². The van der Waals surface area contributed by atoms with Gasteiger partial charge in [0.1, 0.15) is 5.82 Å². The maximum Gasteiger partial charge on any atom is 0.226 e. The monoisotopic (exact) mass is 323 g/mol. The standard InChI is InChI=1S/C17H21N7/c1-11(24-8-7-12-5-3-4-6-14(12)24)9-19-17-21-15(18)13-10-20-23(2)16(13)22-17/h3-6,10-11H,7-9H2,1-2H3,(H3,18,19,21,22). The van der Waals surface area contributed by atoms with Crippen molar-refractivity contribution in [3.63, 3.8) is 0 Å². The number of nitrogen functional groups attached to an aromatic ring is 1. The molecule has 1 aliphatic heterocycles. The highest BCUT2D eigenvalue weighted by Gasteiger charge is 2.23. The van der Waals surface area contributed by atoms with Gasteiger partial charge in [0.15, 0.2) is 5.65 Å². The Morgan fingerprint density at radius 3 is 3.00 bits per heavy atom. The van der Waals surface area contributed by atoms with Crippen molar-refractivity contribution < 1.29 is 0 Å². The normalized spacial score (nSPS) is 14.8. The molecule has 0 spiro atoms. The fraction of sp³-hybridized carbons (Fsp3) is 0.353. The van der Waals surface area contributed by atoms with Crippen molar-refractivity contribution in [1.29, 1.82) is 0 Å². The maximum atomic E-state index is 6.01. The molecule has 3 heterocycles. The molecular formula is C17H21N7. The van der Waals surface area contributed by atoms with E-state index in [1.165, 1.54) is 11.3 Å². The second-order valence-electron chi connectivity index (χ2n) is 6.24. The average Bonchev–Trinajstić information content (AvgIpc) is 3.17. The minimum atomic E-state index is 0.334. The van der Waals surface area contributed by atoms with Gasteiger partial charge >= 0.3 is 0 Å². The summed E-state index contributed by atoms with van der Waals surface area (Å²) in [5.74, 6) is 0.998. The Balaban J connectivity index is 1.50. The zero-order valence-corrected chi connectivity index (χ0v) is 13.9. The van der Waals surface area contributed by atoms with Crippen LogP contribution in [0.1, 0.15) is 12.5 Å². The van der Waals surface area contributed by atoms with E-state index in [0.29, 0.717) is 17.8 Å². The van der Waals surface area contributed by atoms with Crippen LogP contribution >= 0.6 is 0 Å². The molecule has 24 heavy (non-hydrogen) atoms. The summed E-state index contributed by atoms with van der Waals surface area (Å²) in [5.41, 5.74) is 9.49. The molecule has 0 saturated heterocycles. The van der Waals surface area contributed by atoms with Crippen molar-refractivity contribution in [3.8, 4) is 0 Å². The number of nitrogens with zero attached hydrogens (tertiary/aromatic N) is 5. The molecule has 1 aromatic carbocycles. The fourth-order valence-corrected chi connectivity index (χ4v) is 3.29. The van der Waals surface area contributed by atoms with Gasteiger partial charge in [0, 0.05) is 31.9 Å². The number of hydrogen-bond donors (Lipinski definition) is 2. The lowest BCUT2D eigenvalue weighted by Crippen LogP contribution is -2.37. The van der Waals surface area contributed by atoms with E-state index in [4.69, 9.17) is 5.73 Å². The van der Waals surface area contributed by atoms with Crippen molar-refractivity contribution in [2.24, 2.45) is 7.05 Å². The number of nitrogens with one attached hydrogen (secondary N) is 1. The molecule has 0 saturated carbocycles. The third kappa shape index (κ3) is 2.42. The molecule has 1 atom stereocenters. The van der Waals surface area contributed by atoms with Gasteiger partial charge in [-0.25, -0.2) is 0 Å². The zero-order valence-electron chi connectivity index (χ0n) is 13.9. The predicted octanol–water partition coefficient (Wildman–Crippen LogP) is 1.81. The van der Waals surface area contributed by atoms with Crippen molar-refractivity contribution in [1.82, 2.24) is 19.7 Å². The Bertz CT molecular complexity index is 886. The van der Waals surface area contributed by atoms with E-state index in [9.17, 15) is 0 Å². The minimum absolute atomic E-state index is 0.334. The van der Waals surface area contributed by atoms with Crippen LogP contribution in [0.4, 0.5) is 17.5 Å². The molecule has 7 heteroatoms. The van der Waals surface area contributed by atoms with Gasteiger partial charge in [-0.2, -0.15) is 15.1 Å². The van der Waals surface area contributed by atoms with E-state index >= 15 is 0 Å². The lowest BCUT2D eigenvalue weighted by molar-refractivity contribution is 0.677. The molecule has 0 fully saturated rings. The van der Waals surface area contributed by atoms with Crippen LogP contribution in [0, 0.1) is 0 Å². The topological polar surface area (TPSA) is 84.9 Å². The molecule has 7 nitrogen and oxygen atoms in total.